The van der Waals surface area contributed by atoms with E-state index in [9.17, 15) is 0 Å². The number of aryl methyl sites for hydroxylation is 2. The summed E-state index contributed by atoms with van der Waals surface area (Å²) in [5.74, 6) is 8.65. The van der Waals surface area contributed by atoms with Crippen LogP contribution in [0.15, 0.2) is 54.6 Å². The van der Waals surface area contributed by atoms with Gasteiger partial charge in [-0.05, 0) is 67.2 Å². The third-order valence-electron chi connectivity index (χ3n) is 6.43. The van der Waals surface area contributed by atoms with Gasteiger partial charge >= 0.3 is 0 Å². The largest absolute Gasteiger partial charge is 0.0979 e. The molecule has 0 amide bonds. The molecule has 0 spiro atoms. The SMILES string of the molecule is CCC1CCC(CCc2ccc(C#CCCCCc3ccccc3)cc2)CC1. The van der Waals surface area contributed by atoms with Crippen LogP contribution in [0.4, 0.5) is 0 Å². The van der Waals surface area contributed by atoms with Crippen LogP contribution in [0.1, 0.15) is 81.4 Å². The van der Waals surface area contributed by atoms with Gasteiger partial charge in [-0.15, -0.1) is 0 Å². The molecule has 0 heteroatoms. The number of unbranched alkanes of at least 4 members (excludes halogenated alkanes) is 2. The van der Waals surface area contributed by atoms with Gasteiger partial charge in [0.2, 0.25) is 0 Å². The second-order valence-corrected chi connectivity index (χ2v) is 8.53. The van der Waals surface area contributed by atoms with E-state index in [4.69, 9.17) is 0 Å². The molecule has 0 unspecified atom stereocenters. The van der Waals surface area contributed by atoms with Gasteiger partial charge in [-0.25, -0.2) is 0 Å². The highest BCUT2D eigenvalue weighted by Crippen LogP contribution is 2.33. The minimum atomic E-state index is 0.957. The summed E-state index contributed by atoms with van der Waals surface area (Å²) in [5, 5.41) is 0. The standard InChI is InChI=1S/C28H36/c1-2-24-14-16-27(17-15-24)22-23-28-20-18-26(19-21-28)13-7-4-3-6-10-25-11-8-5-9-12-25/h5,8-9,11-12,18-21,24,27H,2-4,6,10,14-17,22-23H2,1H3. The van der Waals surface area contributed by atoms with Crippen LogP contribution in [0.3, 0.4) is 0 Å². The first-order chi connectivity index (χ1) is 13.8. The molecule has 0 radical (unpaired) electrons. The highest BCUT2D eigenvalue weighted by molar-refractivity contribution is 5.36. The lowest BCUT2D eigenvalue weighted by molar-refractivity contribution is 0.259. The van der Waals surface area contributed by atoms with Gasteiger partial charge in [0.05, 0.1) is 0 Å². The molecule has 1 aliphatic rings. The van der Waals surface area contributed by atoms with Crippen molar-refractivity contribution in [2.24, 2.45) is 11.8 Å². The molecule has 0 saturated heterocycles. The van der Waals surface area contributed by atoms with Gasteiger partial charge < -0.3 is 0 Å². The fourth-order valence-electron chi connectivity index (χ4n) is 4.41. The molecule has 2 aromatic carbocycles. The highest BCUT2D eigenvalue weighted by Gasteiger charge is 2.19. The van der Waals surface area contributed by atoms with Gasteiger partial charge in [0.25, 0.3) is 0 Å². The zero-order valence-electron chi connectivity index (χ0n) is 17.6. The molecule has 0 heterocycles. The van der Waals surface area contributed by atoms with Crippen LogP contribution in [-0.4, -0.2) is 0 Å². The molecule has 1 aliphatic carbocycles. The van der Waals surface area contributed by atoms with Gasteiger partial charge in [-0.2, -0.15) is 0 Å². The minimum absolute atomic E-state index is 0.957. The summed E-state index contributed by atoms with van der Waals surface area (Å²) in [5.41, 5.74) is 4.07. The van der Waals surface area contributed by atoms with E-state index in [1.54, 1.807) is 0 Å². The van der Waals surface area contributed by atoms with E-state index in [-0.39, 0.29) is 0 Å². The molecule has 0 bridgehead atoms. The van der Waals surface area contributed by atoms with Gasteiger partial charge in [-0.1, -0.05) is 93.3 Å². The monoisotopic (exact) mass is 372 g/mol. The van der Waals surface area contributed by atoms with Crippen molar-refractivity contribution in [2.75, 3.05) is 0 Å². The Balaban J connectivity index is 1.32. The summed E-state index contributed by atoms with van der Waals surface area (Å²) < 4.78 is 0. The topological polar surface area (TPSA) is 0 Å². The summed E-state index contributed by atoms with van der Waals surface area (Å²) >= 11 is 0. The van der Waals surface area contributed by atoms with E-state index in [0.29, 0.717) is 0 Å². The molecule has 1 fully saturated rings. The number of hydrogen-bond donors (Lipinski definition) is 0. The minimum Gasteiger partial charge on any atom is -0.0979 e. The van der Waals surface area contributed by atoms with Crippen LogP contribution in [0.2, 0.25) is 0 Å². The van der Waals surface area contributed by atoms with Gasteiger partial charge in [0, 0.05) is 12.0 Å². The fourth-order valence-corrected chi connectivity index (χ4v) is 4.41. The Kier molecular flexibility index (Phi) is 8.70. The van der Waals surface area contributed by atoms with E-state index in [0.717, 1.165) is 30.2 Å². The normalized spacial score (nSPS) is 19.0. The summed E-state index contributed by atoms with van der Waals surface area (Å²) in [6.45, 7) is 2.35. The predicted octanol–water partition coefficient (Wildman–Crippen LogP) is 7.60. The first kappa shape index (κ1) is 20.7. The maximum absolute atomic E-state index is 3.35. The summed E-state index contributed by atoms with van der Waals surface area (Å²) in [6.07, 6.45) is 14.4. The number of hydrogen-bond acceptors (Lipinski definition) is 0. The molecule has 0 N–H and O–H groups in total. The lowest BCUT2D eigenvalue weighted by Gasteiger charge is -2.27. The molecule has 0 nitrogen and oxygen atoms in total. The van der Waals surface area contributed by atoms with Crippen molar-refractivity contribution in [3.63, 3.8) is 0 Å². The molecule has 148 valence electrons. The molecule has 1 saturated carbocycles. The van der Waals surface area contributed by atoms with Crippen molar-refractivity contribution in [1.29, 1.82) is 0 Å². The molecule has 2 aromatic rings. The summed E-state index contributed by atoms with van der Waals surface area (Å²) in [7, 11) is 0. The predicted molar refractivity (Wildman–Crippen MR) is 121 cm³/mol. The maximum atomic E-state index is 3.35. The summed E-state index contributed by atoms with van der Waals surface area (Å²) in [4.78, 5) is 0. The van der Waals surface area contributed by atoms with E-state index in [1.807, 2.05) is 0 Å². The molecule has 0 aliphatic heterocycles. The van der Waals surface area contributed by atoms with Crippen LogP contribution in [0, 0.1) is 23.7 Å². The molecule has 28 heavy (non-hydrogen) atoms. The van der Waals surface area contributed by atoms with Crippen LogP contribution in [-0.2, 0) is 12.8 Å². The van der Waals surface area contributed by atoms with Gasteiger partial charge in [0.1, 0.15) is 0 Å². The number of benzene rings is 2. The highest BCUT2D eigenvalue weighted by atomic mass is 14.2. The van der Waals surface area contributed by atoms with Gasteiger partial charge in [-0.3, -0.25) is 0 Å². The third-order valence-corrected chi connectivity index (χ3v) is 6.43. The Hall–Kier alpha value is -2.00. The fraction of sp³-hybridized carbons (Fsp3) is 0.500. The smallest absolute Gasteiger partial charge is 0.0245 e. The van der Waals surface area contributed by atoms with Crippen molar-refractivity contribution in [1.82, 2.24) is 0 Å². The molecular formula is C28H36. The van der Waals surface area contributed by atoms with Crippen molar-refractivity contribution in [2.45, 2.75) is 77.6 Å². The second kappa shape index (κ2) is 11.8. The first-order valence-corrected chi connectivity index (χ1v) is 11.4. The average molecular weight is 373 g/mol. The zero-order chi connectivity index (χ0) is 19.4. The molecule has 0 atom stereocenters. The Bertz CT molecular complexity index is 721. The first-order valence-electron chi connectivity index (χ1n) is 11.4. The maximum Gasteiger partial charge on any atom is 0.0245 e. The van der Waals surface area contributed by atoms with Crippen molar-refractivity contribution in [3.8, 4) is 11.8 Å². The lowest BCUT2D eigenvalue weighted by Crippen LogP contribution is -2.14. The van der Waals surface area contributed by atoms with Crippen LogP contribution in [0.5, 0.6) is 0 Å². The van der Waals surface area contributed by atoms with Gasteiger partial charge in [0.15, 0.2) is 0 Å². The molecule has 3 rings (SSSR count). The summed E-state index contributed by atoms with van der Waals surface area (Å²) in [6, 6.07) is 19.7. The zero-order valence-corrected chi connectivity index (χ0v) is 17.6. The molecular weight excluding hydrogens is 336 g/mol. The van der Waals surface area contributed by atoms with Crippen molar-refractivity contribution < 1.29 is 0 Å². The van der Waals surface area contributed by atoms with Crippen molar-refractivity contribution in [3.05, 3.63) is 71.3 Å². The van der Waals surface area contributed by atoms with Crippen LogP contribution >= 0.6 is 0 Å². The third kappa shape index (κ3) is 7.20. The van der Waals surface area contributed by atoms with E-state index in [2.05, 4.69) is 73.4 Å². The quantitative estimate of drug-likeness (QED) is 0.330. The average Bonchev–Trinajstić information content (AvgIpc) is 2.76. The number of rotatable bonds is 8. The van der Waals surface area contributed by atoms with Crippen LogP contribution < -0.4 is 0 Å². The Morgan fingerprint density at radius 1 is 0.750 bits per heavy atom. The van der Waals surface area contributed by atoms with Crippen LogP contribution in [0.25, 0.3) is 0 Å². The molecule has 0 aromatic heterocycles. The Labute approximate surface area is 172 Å². The van der Waals surface area contributed by atoms with E-state index < -0.39 is 0 Å². The second-order valence-electron chi connectivity index (χ2n) is 8.53. The Morgan fingerprint density at radius 3 is 2.14 bits per heavy atom. The van der Waals surface area contributed by atoms with E-state index in [1.165, 1.54) is 68.9 Å². The lowest BCUT2D eigenvalue weighted by atomic mass is 9.78. The van der Waals surface area contributed by atoms with E-state index >= 15 is 0 Å². The van der Waals surface area contributed by atoms with Crippen molar-refractivity contribution >= 4 is 0 Å². The Morgan fingerprint density at radius 2 is 1.43 bits per heavy atom.